The zero-order chi connectivity index (χ0) is 27.5. The Morgan fingerprint density at radius 1 is 0.684 bits per heavy atom. The summed E-state index contributed by atoms with van der Waals surface area (Å²) in [5, 5.41) is 6.83. The lowest BCUT2D eigenvalue weighted by molar-refractivity contribution is -0.145. The molecule has 4 amide bonds. The minimum Gasteiger partial charge on any atom is -0.449 e. The second-order valence-corrected chi connectivity index (χ2v) is 12.4. The van der Waals surface area contributed by atoms with Gasteiger partial charge in [-0.2, -0.15) is 0 Å². The van der Waals surface area contributed by atoms with Crippen molar-refractivity contribution in [3.63, 3.8) is 0 Å². The van der Waals surface area contributed by atoms with Crippen molar-refractivity contribution in [3.8, 4) is 0 Å². The van der Waals surface area contributed by atoms with E-state index in [-0.39, 0.29) is 49.2 Å². The van der Waals surface area contributed by atoms with E-state index in [1.165, 1.54) is 9.80 Å². The molecule has 10 heteroatoms. The topological polar surface area (TPSA) is 117 Å². The molecule has 4 rings (SSSR count). The lowest BCUT2D eigenvalue weighted by Crippen LogP contribution is -2.71. The molecule has 0 unspecified atom stereocenters. The van der Waals surface area contributed by atoms with Crippen LogP contribution in [0.5, 0.6) is 0 Å². The second-order valence-electron chi connectivity index (χ2n) is 12.4. The van der Waals surface area contributed by atoms with Crippen molar-refractivity contribution < 1.29 is 28.7 Å². The number of nitrogens with zero attached hydrogens (tertiary/aromatic N) is 2. The largest absolute Gasteiger partial charge is 0.449 e. The first-order chi connectivity index (χ1) is 18.0. The molecule has 0 aromatic rings. The number of unbranched alkanes of at least 4 members (excludes halogenated alkanes) is 3. The molecule has 38 heavy (non-hydrogen) atoms. The molecule has 2 saturated carbocycles. The number of carbonyl (C=O) groups excluding carboxylic acids is 4. The van der Waals surface area contributed by atoms with E-state index in [1.54, 1.807) is 0 Å². The van der Waals surface area contributed by atoms with Gasteiger partial charge in [0.25, 0.3) is 11.8 Å². The van der Waals surface area contributed by atoms with Crippen LogP contribution in [0.1, 0.15) is 105 Å². The summed E-state index contributed by atoms with van der Waals surface area (Å²) in [6.07, 6.45) is 9.62. The Bertz CT molecular complexity index is 834. The highest BCUT2D eigenvalue weighted by Gasteiger charge is 2.50. The highest BCUT2D eigenvalue weighted by atomic mass is 16.6. The van der Waals surface area contributed by atoms with E-state index < -0.39 is 23.3 Å². The third-order valence-corrected chi connectivity index (χ3v) is 8.60. The van der Waals surface area contributed by atoms with Crippen molar-refractivity contribution >= 4 is 24.0 Å². The van der Waals surface area contributed by atoms with E-state index in [0.717, 1.165) is 64.2 Å². The summed E-state index contributed by atoms with van der Waals surface area (Å²) >= 11 is 0. The molecular weight excluding hydrogens is 488 g/mol. The lowest BCUT2D eigenvalue weighted by Gasteiger charge is -2.48. The van der Waals surface area contributed by atoms with Crippen LogP contribution < -0.4 is 10.6 Å². The third kappa shape index (κ3) is 6.17. The van der Waals surface area contributed by atoms with Crippen molar-refractivity contribution in [3.05, 3.63) is 0 Å². The minimum atomic E-state index is -0.780. The molecule has 214 valence electrons. The summed E-state index contributed by atoms with van der Waals surface area (Å²) in [5.41, 5.74) is -1.56. The number of imide groups is 2. The number of hydrogen-bond acceptors (Lipinski definition) is 8. The maximum atomic E-state index is 12.9. The van der Waals surface area contributed by atoms with E-state index in [1.807, 2.05) is 27.7 Å². The van der Waals surface area contributed by atoms with Gasteiger partial charge in [0, 0.05) is 12.1 Å². The zero-order valence-corrected chi connectivity index (χ0v) is 23.6. The van der Waals surface area contributed by atoms with E-state index in [0.29, 0.717) is 12.8 Å². The van der Waals surface area contributed by atoms with Crippen molar-refractivity contribution in [2.45, 2.75) is 140 Å². The molecule has 2 aliphatic heterocycles. The quantitative estimate of drug-likeness (QED) is 0.473. The van der Waals surface area contributed by atoms with Gasteiger partial charge in [-0.1, -0.05) is 25.7 Å². The Labute approximate surface area is 226 Å². The summed E-state index contributed by atoms with van der Waals surface area (Å²) in [4.78, 5) is 54.3. The van der Waals surface area contributed by atoms with Crippen LogP contribution in [0.3, 0.4) is 0 Å². The first-order valence-corrected chi connectivity index (χ1v) is 14.6. The van der Waals surface area contributed by atoms with Gasteiger partial charge < -0.3 is 9.47 Å². The summed E-state index contributed by atoms with van der Waals surface area (Å²) in [5.74, 6) is -0.447. The molecule has 4 fully saturated rings. The predicted octanol–water partition coefficient (Wildman–Crippen LogP) is 3.86. The van der Waals surface area contributed by atoms with Gasteiger partial charge in [0.2, 0.25) is 0 Å². The number of fused-ring (bicyclic) bond motifs is 2. The van der Waals surface area contributed by atoms with Crippen LogP contribution in [0.25, 0.3) is 0 Å². The Balaban J connectivity index is 1.15. The molecule has 0 bridgehead atoms. The van der Waals surface area contributed by atoms with E-state index in [2.05, 4.69) is 10.6 Å². The summed E-state index contributed by atoms with van der Waals surface area (Å²) in [6.45, 7) is 7.78. The number of ether oxygens (including phenoxy) is 2. The highest BCUT2D eigenvalue weighted by molar-refractivity contribution is 5.99. The Hall–Kier alpha value is -2.20. The van der Waals surface area contributed by atoms with Crippen LogP contribution in [0.4, 0.5) is 9.59 Å². The average Bonchev–Trinajstić information content (AvgIpc) is 2.86. The molecule has 0 aromatic heterocycles. The standard InChI is InChI=1S/C28H46N4O6/c1-27(2)23(33)31(21-15-9-7-13-19(21)29-27)25(35)37-17-11-5-6-12-18-38-26(36)32-22-16-10-8-14-20(22)30-28(3,4)24(32)34/h19-22,29-30H,5-18H2,1-4H3/t19-,20-,21-,22-/m0/s1. The van der Waals surface area contributed by atoms with Crippen LogP contribution in [0.15, 0.2) is 0 Å². The number of hydrogen-bond donors (Lipinski definition) is 2. The Kier molecular flexibility index (Phi) is 9.02. The Morgan fingerprint density at radius 3 is 1.45 bits per heavy atom. The van der Waals surface area contributed by atoms with Crippen molar-refractivity contribution in [1.29, 1.82) is 0 Å². The third-order valence-electron chi connectivity index (χ3n) is 8.60. The van der Waals surface area contributed by atoms with Crippen LogP contribution in [-0.2, 0) is 19.1 Å². The van der Waals surface area contributed by atoms with Crippen molar-refractivity contribution in [2.75, 3.05) is 13.2 Å². The van der Waals surface area contributed by atoms with Gasteiger partial charge in [-0.25, -0.2) is 19.4 Å². The molecule has 0 aromatic carbocycles. The van der Waals surface area contributed by atoms with Crippen molar-refractivity contribution in [1.82, 2.24) is 20.4 Å². The fourth-order valence-corrected chi connectivity index (χ4v) is 6.58. The summed E-state index contributed by atoms with van der Waals surface area (Å²) in [7, 11) is 0. The normalized spacial score (nSPS) is 30.3. The smallest absolute Gasteiger partial charge is 0.416 e. The fourth-order valence-electron chi connectivity index (χ4n) is 6.58. The van der Waals surface area contributed by atoms with Crippen LogP contribution in [-0.4, -0.2) is 82.3 Å². The number of nitrogens with one attached hydrogen (secondary N) is 2. The van der Waals surface area contributed by atoms with Gasteiger partial charge in [-0.05, 0) is 79.1 Å². The van der Waals surface area contributed by atoms with Gasteiger partial charge in [0.05, 0.1) is 36.4 Å². The molecule has 4 aliphatic rings. The van der Waals surface area contributed by atoms with Crippen LogP contribution in [0.2, 0.25) is 0 Å². The van der Waals surface area contributed by atoms with Gasteiger partial charge in [0.15, 0.2) is 0 Å². The van der Waals surface area contributed by atoms with Gasteiger partial charge in [-0.3, -0.25) is 20.2 Å². The molecule has 10 nitrogen and oxygen atoms in total. The molecule has 2 saturated heterocycles. The average molecular weight is 535 g/mol. The zero-order valence-electron chi connectivity index (χ0n) is 23.6. The number of amides is 4. The lowest BCUT2D eigenvalue weighted by atomic mass is 9.83. The second kappa shape index (κ2) is 11.9. The fraction of sp³-hybridized carbons (Fsp3) is 0.857. The first kappa shape index (κ1) is 28.8. The maximum Gasteiger partial charge on any atom is 0.416 e. The highest BCUT2D eigenvalue weighted by Crippen LogP contribution is 2.32. The summed E-state index contributed by atoms with van der Waals surface area (Å²) < 4.78 is 11.0. The molecule has 2 aliphatic carbocycles. The minimum absolute atomic E-state index is 0.123. The molecule has 2 heterocycles. The molecule has 0 radical (unpaired) electrons. The number of carbonyl (C=O) groups is 4. The molecular formula is C28H46N4O6. The SMILES string of the molecule is CC1(C)N[C@H]2CCCC[C@@H]2N(C(=O)OCCCCCCOC(=O)N2C(=O)C(C)(C)N[C@H]3CCCC[C@@H]32)C1=O. The number of rotatable bonds is 7. The Morgan fingerprint density at radius 2 is 1.05 bits per heavy atom. The van der Waals surface area contributed by atoms with Gasteiger partial charge in [0.1, 0.15) is 0 Å². The van der Waals surface area contributed by atoms with Crippen LogP contribution in [0, 0.1) is 0 Å². The first-order valence-electron chi connectivity index (χ1n) is 14.6. The monoisotopic (exact) mass is 534 g/mol. The predicted molar refractivity (Wildman–Crippen MR) is 141 cm³/mol. The van der Waals surface area contributed by atoms with E-state index in [9.17, 15) is 19.2 Å². The molecule has 2 N–H and O–H groups in total. The van der Waals surface area contributed by atoms with E-state index in [4.69, 9.17) is 9.47 Å². The molecule has 0 spiro atoms. The van der Waals surface area contributed by atoms with Crippen LogP contribution >= 0.6 is 0 Å². The molecule has 4 atom stereocenters. The van der Waals surface area contributed by atoms with Crippen molar-refractivity contribution in [2.24, 2.45) is 0 Å². The summed E-state index contributed by atoms with van der Waals surface area (Å²) in [6, 6.07) is -0.0245. The number of piperazine rings is 2. The maximum absolute atomic E-state index is 12.9. The van der Waals surface area contributed by atoms with Gasteiger partial charge in [-0.15, -0.1) is 0 Å². The van der Waals surface area contributed by atoms with E-state index >= 15 is 0 Å². The van der Waals surface area contributed by atoms with Gasteiger partial charge >= 0.3 is 12.2 Å².